The number of aromatic nitrogens is 2. The van der Waals surface area contributed by atoms with Gasteiger partial charge < -0.3 is 4.57 Å². The van der Waals surface area contributed by atoms with Gasteiger partial charge in [-0.15, -0.1) is 0 Å². The third-order valence-corrected chi connectivity index (χ3v) is 10.2. The standard InChI is InChI=1S/C26H34N2O/c1-25-13-11-18(29)15-17(25)7-8-19-20-9-10-24(26(20,2)14-12-21(19)25)28-16-27-22-5-3-4-6-23(22)28/h3-6,16-17,19-21,24H,7-15H2,1-2H3/t17?,19?,20?,21?,24?,25-,26-/m0/s1. The molecule has 4 saturated carbocycles. The highest BCUT2D eigenvalue weighted by atomic mass is 16.1. The summed E-state index contributed by atoms with van der Waals surface area (Å²) in [6, 6.07) is 9.22. The van der Waals surface area contributed by atoms with E-state index in [0.29, 0.717) is 28.6 Å². The fourth-order valence-corrected chi connectivity index (χ4v) is 8.70. The van der Waals surface area contributed by atoms with E-state index >= 15 is 0 Å². The van der Waals surface area contributed by atoms with Crippen LogP contribution in [0.3, 0.4) is 0 Å². The molecule has 0 bridgehead atoms. The summed E-state index contributed by atoms with van der Waals surface area (Å²) < 4.78 is 2.52. The molecule has 7 atom stereocenters. The Morgan fingerprint density at radius 3 is 2.69 bits per heavy atom. The van der Waals surface area contributed by atoms with E-state index in [1.807, 2.05) is 0 Å². The van der Waals surface area contributed by atoms with Crippen molar-refractivity contribution in [1.82, 2.24) is 9.55 Å². The molecular formula is C26H34N2O. The second-order valence-electron chi connectivity index (χ2n) is 11.2. The Bertz CT molecular complexity index is 963. The van der Waals surface area contributed by atoms with Gasteiger partial charge in [-0.05, 0) is 91.6 Å². The summed E-state index contributed by atoms with van der Waals surface area (Å²) in [4.78, 5) is 16.8. The number of ketones is 1. The minimum absolute atomic E-state index is 0.387. The van der Waals surface area contributed by atoms with Crippen molar-refractivity contribution in [3.8, 4) is 0 Å². The summed E-state index contributed by atoms with van der Waals surface area (Å²) in [6.45, 7) is 5.15. The van der Waals surface area contributed by atoms with E-state index in [1.165, 1.54) is 44.0 Å². The number of hydrogen-bond acceptors (Lipinski definition) is 2. The van der Waals surface area contributed by atoms with Gasteiger partial charge in [-0.2, -0.15) is 0 Å². The van der Waals surface area contributed by atoms with Crippen molar-refractivity contribution in [3.63, 3.8) is 0 Å². The van der Waals surface area contributed by atoms with Crippen LogP contribution < -0.4 is 0 Å². The summed E-state index contributed by atoms with van der Waals surface area (Å²) in [5, 5.41) is 0. The molecule has 0 saturated heterocycles. The van der Waals surface area contributed by atoms with Crippen LogP contribution in [0.2, 0.25) is 0 Å². The average molecular weight is 391 g/mol. The zero-order valence-electron chi connectivity index (χ0n) is 17.9. The molecule has 4 aliphatic rings. The van der Waals surface area contributed by atoms with Crippen molar-refractivity contribution < 1.29 is 4.79 Å². The lowest BCUT2D eigenvalue weighted by Crippen LogP contribution is -2.53. The van der Waals surface area contributed by atoms with E-state index < -0.39 is 0 Å². The molecule has 0 spiro atoms. The van der Waals surface area contributed by atoms with Gasteiger partial charge in [0.2, 0.25) is 0 Å². The molecule has 6 rings (SSSR count). The van der Waals surface area contributed by atoms with Crippen LogP contribution in [0, 0.1) is 34.5 Å². The largest absolute Gasteiger partial charge is 0.327 e. The molecule has 0 N–H and O–H groups in total. The van der Waals surface area contributed by atoms with Gasteiger partial charge in [-0.1, -0.05) is 26.0 Å². The molecule has 0 amide bonds. The van der Waals surface area contributed by atoms with Gasteiger partial charge in [-0.25, -0.2) is 4.98 Å². The molecule has 0 aliphatic heterocycles. The first-order valence-electron chi connectivity index (χ1n) is 11.9. The number of Topliss-reactive ketones (excluding diaryl/α,β-unsaturated/α-hetero) is 1. The van der Waals surface area contributed by atoms with E-state index in [9.17, 15) is 4.79 Å². The Kier molecular flexibility index (Phi) is 3.87. The third kappa shape index (κ3) is 2.42. The quantitative estimate of drug-likeness (QED) is 0.582. The maximum atomic E-state index is 12.1. The van der Waals surface area contributed by atoms with E-state index in [0.717, 1.165) is 42.5 Å². The van der Waals surface area contributed by atoms with Crippen LogP contribution >= 0.6 is 0 Å². The minimum Gasteiger partial charge on any atom is -0.327 e. The zero-order valence-corrected chi connectivity index (χ0v) is 17.9. The predicted molar refractivity (Wildman–Crippen MR) is 116 cm³/mol. The summed E-state index contributed by atoms with van der Waals surface area (Å²) in [5.74, 6) is 3.72. The Morgan fingerprint density at radius 1 is 0.966 bits per heavy atom. The number of nitrogens with zero attached hydrogens (tertiary/aromatic N) is 2. The second kappa shape index (κ2) is 6.18. The summed E-state index contributed by atoms with van der Waals surface area (Å²) >= 11 is 0. The van der Waals surface area contributed by atoms with Crippen molar-refractivity contribution in [2.75, 3.05) is 0 Å². The fraction of sp³-hybridized carbons (Fsp3) is 0.692. The van der Waals surface area contributed by atoms with Crippen molar-refractivity contribution in [1.29, 1.82) is 0 Å². The van der Waals surface area contributed by atoms with Crippen LogP contribution in [0.15, 0.2) is 30.6 Å². The van der Waals surface area contributed by atoms with E-state index in [1.54, 1.807) is 0 Å². The lowest BCUT2D eigenvalue weighted by atomic mass is 9.45. The van der Waals surface area contributed by atoms with Gasteiger partial charge >= 0.3 is 0 Å². The monoisotopic (exact) mass is 390 g/mol. The van der Waals surface area contributed by atoms with E-state index in [-0.39, 0.29) is 0 Å². The number of carbonyl (C=O) groups is 1. The van der Waals surface area contributed by atoms with Crippen molar-refractivity contribution in [3.05, 3.63) is 30.6 Å². The maximum absolute atomic E-state index is 12.1. The summed E-state index contributed by atoms with van der Waals surface area (Å²) in [7, 11) is 0. The van der Waals surface area contributed by atoms with Crippen LogP contribution in [-0.4, -0.2) is 15.3 Å². The fourth-order valence-electron chi connectivity index (χ4n) is 8.70. The number of hydrogen-bond donors (Lipinski definition) is 0. The molecule has 3 nitrogen and oxygen atoms in total. The zero-order chi connectivity index (χ0) is 19.8. The Labute approximate surface area is 174 Å². The highest BCUT2D eigenvalue weighted by Gasteiger charge is 2.60. The van der Waals surface area contributed by atoms with Gasteiger partial charge in [0.25, 0.3) is 0 Å². The summed E-state index contributed by atoms with van der Waals surface area (Å²) in [5.41, 5.74) is 3.24. The van der Waals surface area contributed by atoms with Crippen LogP contribution in [0.4, 0.5) is 0 Å². The van der Waals surface area contributed by atoms with Crippen LogP contribution in [0.5, 0.6) is 0 Å². The highest BCUT2D eigenvalue weighted by Crippen LogP contribution is 2.68. The van der Waals surface area contributed by atoms with Crippen LogP contribution in [-0.2, 0) is 4.79 Å². The third-order valence-electron chi connectivity index (χ3n) is 10.2. The van der Waals surface area contributed by atoms with Gasteiger partial charge in [0.15, 0.2) is 0 Å². The molecule has 3 heteroatoms. The van der Waals surface area contributed by atoms with E-state index in [2.05, 4.69) is 49.0 Å². The average Bonchev–Trinajstić information content (AvgIpc) is 3.29. The molecule has 2 aromatic rings. The normalized spacial score (nSPS) is 44.3. The maximum Gasteiger partial charge on any atom is 0.133 e. The number of fused-ring (bicyclic) bond motifs is 6. The number of benzene rings is 1. The van der Waals surface area contributed by atoms with Crippen molar-refractivity contribution >= 4 is 16.8 Å². The smallest absolute Gasteiger partial charge is 0.133 e. The molecule has 4 fully saturated rings. The molecular weight excluding hydrogens is 356 g/mol. The van der Waals surface area contributed by atoms with Crippen LogP contribution in [0.1, 0.15) is 77.7 Å². The van der Waals surface area contributed by atoms with Gasteiger partial charge in [0, 0.05) is 18.9 Å². The van der Waals surface area contributed by atoms with Crippen molar-refractivity contribution in [2.24, 2.45) is 34.5 Å². The second-order valence-corrected chi connectivity index (χ2v) is 11.2. The topological polar surface area (TPSA) is 34.9 Å². The van der Waals surface area contributed by atoms with Crippen LogP contribution in [0.25, 0.3) is 11.0 Å². The molecule has 1 aromatic heterocycles. The van der Waals surface area contributed by atoms with Gasteiger partial charge in [-0.3, -0.25) is 4.79 Å². The molecule has 154 valence electrons. The molecule has 0 radical (unpaired) electrons. The lowest BCUT2D eigenvalue weighted by molar-refractivity contribution is -0.139. The van der Waals surface area contributed by atoms with Gasteiger partial charge in [0.05, 0.1) is 17.4 Å². The first-order valence-corrected chi connectivity index (χ1v) is 11.9. The lowest BCUT2D eigenvalue weighted by Gasteiger charge is -2.60. The SMILES string of the molecule is C[C@]12CCC(=O)CC1CCC1C2CC[C@@]2(C)C1CCC2n1cnc2ccccc21. The van der Waals surface area contributed by atoms with Gasteiger partial charge in [0.1, 0.15) is 5.78 Å². The number of para-hydroxylation sites is 2. The molecule has 4 aliphatic carbocycles. The first-order chi connectivity index (χ1) is 14.0. The molecule has 1 heterocycles. The predicted octanol–water partition coefficient (Wildman–Crippen LogP) is 6.19. The van der Waals surface area contributed by atoms with Crippen molar-refractivity contribution in [2.45, 2.75) is 77.7 Å². The summed E-state index contributed by atoms with van der Waals surface area (Å²) in [6.07, 6.45) is 13.0. The molecule has 29 heavy (non-hydrogen) atoms. The Morgan fingerprint density at radius 2 is 1.79 bits per heavy atom. The molecule has 1 aromatic carbocycles. The molecule has 5 unspecified atom stereocenters. The highest BCUT2D eigenvalue weighted by molar-refractivity contribution is 5.79. The minimum atomic E-state index is 0.387. The number of carbonyl (C=O) groups excluding carboxylic acids is 1. The Hall–Kier alpha value is -1.64. The Balaban J connectivity index is 1.33. The first kappa shape index (κ1) is 18.2. The number of imidazole rings is 1. The van der Waals surface area contributed by atoms with E-state index in [4.69, 9.17) is 4.98 Å². The number of rotatable bonds is 1.